The van der Waals surface area contributed by atoms with Gasteiger partial charge in [0.25, 0.3) is 0 Å². The molecule has 98 valence electrons. The lowest BCUT2D eigenvalue weighted by Gasteiger charge is -2.34. The monoisotopic (exact) mass is 231 g/mol. The topological polar surface area (TPSA) is 30.5 Å². The molecule has 0 amide bonds. The van der Waals surface area contributed by atoms with E-state index in [2.05, 4.69) is 12.4 Å². The van der Waals surface area contributed by atoms with E-state index in [-0.39, 0.29) is 0 Å². The van der Waals surface area contributed by atoms with E-state index in [1.807, 2.05) is 27.7 Å². The van der Waals surface area contributed by atoms with Gasteiger partial charge in [-0.2, -0.15) is 5.48 Å². The fourth-order valence-corrected chi connectivity index (χ4v) is 2.36. The van der Waals surface area contributed by atoms with Gasteiger partial charge < -0.3 is 9.57 Å². The lowest BCUT2D eigenvalue weighted by atomic mass is 9.93. The van der Waals surface area contributed by atoms with Crippen LogP contribution in [0.15, 0.2) is 0 Å². The molecule has 2 bridgehead atoms. The number of rotatable bonds is 2. The number of hydroxylamine groups is 1. The molecule has 0 spiro atoms. The van der Waals surface area contributed by atoms with Gasteiger partial charge in [-0.05, 0) is 25.2 Å². The molecule has 1 unspecified atom stereocenters. The first-order valence-corrected chi connectivity index (χ1v) is 6.75. The number of nitrogens with one attached hydrogen (secondary N) is 1. The van der Waals surface area contributed by atoms with E-state index in [1.54, 1.807) is 7.11 Å². The second-order valence-corrected chi connectivity index (χ2v) is 3.90. The average Bonchev–Trinajstić information content (AvgIpc) is 2.76. The van der Waals surface area contributed by atoms with E-state index < -0.39 is 0 Å². The smallest absolute Gasteiger partial charge is 0.0621 e. The first-order chi connectivity index (χ1) is 7.81. The summed E-state index contributed by atoms with van der Waals surface area (Å²) >= 11 is 0. The SMILES string of the molecule is CC.CC.CONC1C[C@H]2CC[C@H](O2)[C@H]1C. The third-order valence-corrected chi connectivity index (χ3v) is 3.15. The first-order valence-electron chi connectivity index (χ1n) is 6.75. The van der Waals surface area contributed by atoms with Crippen molar-refractivity contribution in [2.24, 2.45) is 5.92 Å². The minimum absolute atomic E-state index is 0.469. The molecule has 2 aliphatic rings. The Morgan fingerprint density at radius 3 is 2.31 bits per heavy atom. The molecule has 3 nitrogen and oxygen atoms in total. The highest BCUT2D eigenvalue weighted by atomic mass is 16.6. The maximum Gasteiger partial charge on any atom is 0.0621 e. The van der Waals surface area contributed by atoms with Crippen LogP contribution in [0.3, 0.4) is 0 Å². The molecule has 2 heterocycles. The third-order valence-electron chi connectivity index (χ3n) is 3.15. The van der Waals surface area contributed by atoms with Gasteiger partial charge in [-0.1, -0.05) is 34.6 Å². The summed E-state index contributed by atoms with van der Waals surface area (Å²) in [4.78, 5) is 4.97. The van der Waals surface area contributed by atoms with E-state index >= 15 is 0 Å². The lowest BCUT2D eigenvalue weighted by Crippen LogP contribution is -2.45. The number of hydrogen-bond donors (Lipinski definition) is 1. The van der Waals surface area contributed by atoms with Crippen molar-refractivity contribution in [1.29, 1.82) is 0 Å². The zero-order valence-electron chi connectivity index (χ0n) is 11.7. The summed E-state index contributed by atoms with van der Waals surface area (Å²) in [7, 11) is 1.68. The molecular weight excluding hydrogens is 202 g/mol. The molecule has 0 saturated carbocycles. The number of hydrogen-bond acceptors (Lipinski definition) is 3. The van der Waals surface area contributed by atoms with Gasteiger partial charge in [-0.3, -0.25) is 0 Å². The third kappa shape index (κ3) is 4.04. The van der Waals surface area contributed by atoms with Crippen molar-refractivity contribution in [3.05, 3.63) is 0 Å². The Hall–Kier alpha value is -0.120. The van der Waals surface area contributed by atoms with Gasteiger partial charge in [0.15, 0.2) is 0 Å². The van der Waals surface area contributed by atoms with Crippen LogP contribution in [-0.2, 0) is 9.57 Å². The van der Waals surface area contributed by atoms with Crippen molar-refractivity contribution in [3.8, 4) is 0 Å². The highest BCUT2D eigenvalue weighted by molar-refractivity contribution is 4.91. The fourth-order valence-electron chi connectivity index (χ4n) is 2.36. The fraction of sp³-hybridized carbons (Fsp3) is 1.00. The Morgan fingerprint density at radius 1 is 1.12 bits per heavy atom. The van der Waals surface area contributed by atoms with Crippen LogP contribution in [0.1, 0.15) is 53.9 Å². The van der Waals surface area contributed by atoms with E-state index in [1.165, 1.54) is 12.8 Å². The Labute approximate surface area is 101 Å². The van der Waals surface area contributed by atoms with Crippen LogP contribution in [0.25, 0.3) is 0 Å². The first kappa shape index (κ1) is 15.9. The Morgan fingerprint density at radius 2 is 1.75 bits per heavy atom. The normalized spacial score (nSPS) is 35.6. The van der Waals surface area contributed by atoms with E-state index in [0.29, 0.717) is 24.2 Å². The van der Waals surface area contributed by atoms with Crippen molar-refractivity contribution in [2.45, 2.75) is 72.1 Å². The molecule has 3 heteroatoms. The summed E-state index contributed by atoms with van der Waals surface area (Å²) in [6, 6.07) is 0.487. The molecule has 0 aromatic rings. The number of fused-ring (bicyclic) bond motifs is 2. The molecule has 2 fully saturated rings. The van der Waals surface area contributed by atoms with E-state index in [0.717, 1.165) is 6.42 Å². The molecule has 0 aromatic carbocycles. The predicted molar refractivity (Wildman–Crippen MR) is 68.3 cm³/mol. The predicted octanol–water partition coefficient (Wildman–Crippen LogP) is 3.15. The number of ether oxygens (including phenoxy) is 1. The standard InChI is InChI=1S/C9H17NO2.2C2H6/c1-6-8(10-11-2)5-7-3-4-9(6)12-7;2*1-2/h6-10H,3-5H2,1-2H3;2*1-2H3/t6-,7+,8?,9-;;/m0../s1. The largest absolute Gasteiger partial charge is 0.375 e. The molecule has 2 aliphatic heterocycles. The van der Waals surface area contributed by atoms with Crippen LogP contribution in [0, 0.1) is 5.92 Å². The van der Waals surface area contributed by atoms with Crippen LogP contribution < -0.4 is 5.48 Å². The summed E-state index contributed by atoms with van der Waals surface area (Å²) in [5, 5.41) is 0. The Bertz CT molecular complexity index is 164. The van der Waals surface area contributed by atoms with Gasteiger partial charge in [0.1, 0.15) is 0 Å². The van der Waals surface area contributed by atoms with Gasteiger partial charge in [0.05, 0.1) is 19.3 Å². The summed E-state index contributed by atoms with van der Waals surface area (Å²) in [6.07, 6.45) is 4.52. The van der Waals surface area contributed by atoms with Crippen LogP contribution in [-0.4, -0.2) is 25.4 Å². The van der Waals surface area contributed by atoms with Gasteiger partial charge >= 0.3 is 0 Å². The van der Waals surface area contributed by atoms with Gasteiger partial charge in [0.2, 0.25) is 0 Å². The minimum Gasteiger partial charge on any atom is -0.375 e. The molecule has 0 radical (unpaired) electrons. The van der Waals surface area contributed by atoms with Crippen molar-refractivity contribution >= 4 is 0 Å². The van der Waals surface area contributed by atoms with E-state index in [4.69, 9.17) is 9.57 Å². The summed E-state index contributed by atoms with van der Waals surface area (Å²) in [6.45, 7) is 10.2. The van der Waals surface area contributed by atoms with Crippen LogP contribution in [0.5, 0.6) is 0 Å². The molecule has 4 atom stereocenters. The zero-order chi connectivity index (χ0) is 12.6. The second kappa shape index (κ2) is 8.97. The van der Waals surface area contributed by atoms with Gasteiger partial charge in [0, 0.05) is 6.04 Å². The zero-order valence-corrected chi connectivity index (χ0v) is 11.7. The Kier molecular flexibility index (Phi) is 8.90. The maximum atomic E-state index is 5.79. The average molecular weight is 231 g/mol. The molecule has 16 heavy (non-hydrogen) atoms. The molecular formula is C13H29NO2. The van der Waals surface area contributed by atoms with Crippen LogP contribution in [0.2, 0.25) is 0 Å². The summed E-state index contributed by atoms with van der Waals surface area (Å²) in [5.41, 5.74) is 3.06. The quantitative estimate of drug-likeness (QED) is 0.741. The molecule has 0 aliphatic carbocycles. The second-order valence-electron chi connectivity index (χ2n) is 3.90. The van der Waals surface area contributed by atoms with Crippen LogP contribution in [0.4, 0.5) is 0 Å². The summed E-state index contributed by atoms with van der Waals surface area (Å²) < 4.78 is 5.79. The molecule has 0 aromatic heterocycles. The van der Waals surface area contributed by atoms with Crippen LogP contribution >= 0.6 is 0 Å². The van der Waals surface area contributed by atoms with Gasteiger partial charge in [-0.25, -0.2) is 0 Å². The van der Waals surface area contributed by atoms with Crippen molar-refractivity contribution in [3.63, 3.8) is 0 Å². The molecule has 2 rings (SSSR count). The summed E-state index contributed by atoms with van der Waals surface area (Å²) in [5.74, 6) is 0.587. The molecule has 2 saturated heterocycles. The highest BCUT2D eigenvalue weighted by Crippen LogP contribution is 2.36. The van der Waals surface area contributed by atoms with Crippen molar-refractivity contribution in [1.82, 2.24) is 5.48 Å². The van der Waals surface area contributed by atoms with Gasteiger partial charge in [-0.15, -0.1) is 0 Å². The van der Waals surface area contributed by atoms with Crippen molar-refractivity contribution < 1.29 is 9.57 Å². The maximum absolute atomic E-state index is 5.79. The minimum atomic E-state index is 0.469. The molecule has 1 N–H and O–H groups in total. The highest BCUT2D eigenvalue weighted by Gasteiger charge is 2.40. The lowest BCUT2D eigenvalue weighted by molar-refractivity contribution is -0.0777. The van der Waals surface area contributed by atoms with Crippen molar-refractivity contribution in [2.75, 3.05) is 7.11 Å². The van der Waals surface area contributed by atoms with E-state index in [9.17, 15) is 0 Å². The Balaban J connectivity index is 0.000000509.